The second-order valence-electron chi connectivity index (χ2n) is 6.10. The smallest absolute Gasteiger partial charge is 0.0628 e. The van der Waals surface area contributed by atoms with Crippen molar-refractivity contribution in [2.45, 2.75) is 39.3 Å². The first kappa shape index (κ1) is 13.6. The van der Waals surface area contributed by atoms with Crippen molar-refractivity contribution in [3.05, 3.63) is 17.5 Å². The summed E-state index contributed by atoms with van der Waals surface area (Å²) in [6.07, 6.45) is 2.34. The van der Waals surface area contributed by atoms with Crippen molar-refractivity contribution in [3.63, 3.8) is 0 Å². The van der Waals surface area contributed by atoms with E-state index in [1.807, 2.05) is 0 Å². The topological polar surface area (TPSA) is 35.2 Å². The highest BCUT2D eigenvalue weighted by atomic mass is 15.2. The Kier molecular flexibility index (Phi) is 4.40. The fraction of sp³-hybridized carbons (Fsp3) is 0.786. The molecule has 1 atom stereocenters. The molecule has 1 unspecified atom stereocenters. The molecule has 1 aromatic heterocycles. The lowest BCUT2D eigenvalue weighted by Crippen LogP contribution is -2.33. The van der Waals surface area contributed by atoms with Gasteiger partial charge in [0.1, 0.15) is 0 Å². The number of nitrogens with one attached hydrogen (secondary N) is 1. The van der Waals surface area contributed by atoms with E-state index in [1.54, 1.807) is 0 Å². The van der Waals surface area contributed by atoms with Crippen LogP contribution in [0.3, 0.4) is 0 Å². The van der Waals surface area contributed by atoms with Gasteiger partial charge in [-0.25, -0.2) is 0 Å². The third-order valence-corrected chi connectivity index (χ3v) is 3.71. The second-order valence-corrected chi connectivity index (χ2v) is 6.10. The highest BCUT2D eigenvalue weighted by molar-refractivity contribution is 5.09. The third kappa shape index (κ3) is 3.56. The summed E-state index contributed by atoms with van der Waals surface area (Å²) >= 11 is 0. The van der Waals surface area contributed by atoms with Crippen molar-refractivity contribution in [3.8, 4) is 0 Å². The summed E-state index contributed by atoms with van der Waals surface area (Å²) in [6, 6.07) is 2.90. The fourth-order valence-electron chi connectivity index (χ4n) is 2.68. The maximum atomic E-state index is 4.39. The minimum atomic E-state index is 0.669. The van der Waals surface area contributed by atoms with Gasteiger partial charge in [-0.2, -0.15) is 5.10 Å². The summed E-state index contributed by atoms with van der Waals surface area (Å²) in [6.45, 7) is 7.84. The van der Waals surface area contributed by atoms with E-state index in [-0.39, 0.29) is 0 Å². The Balaban J connectivity index is 1.87. The van der Waals surface area contributed by atoms with Crippen LogP contribution in [0.25, 0.3) is 0 Å². The SMILES string of the molecule is CC(C)Cc1cc(CN(C)C2CCN(C)C2)[nH]n1. The van der Waals surface area contributed by atoms with E-state index < -0.39 is 0 Å². The van der Waals surface area contributed by atoms with Crippen LogP contribution in [0, 0.1) is 5.92 Å². The molecule has 18 heavy (non-hydrogen) atoms. The molecular formula is C14H26N4. The molecule has 1 saturated heterocycles. The molecule has 0 amide bonds. The number of rotatable bonds is 5. The first-order valence-electron chi connectivity index (χ1n) is 6.96. The summed E-state index contributed by atoms with van der Waals surface area (Å²) in [7, 11) is 4.41. The monoisotopic (exact) mass is 250 g/mol. The molecule has 1 N–H and O–H groups in total. The van der Waals surface area contributed by atoms with Gasteiger partial charge in [0, 0.05) is 24.8 Å². The molecule has 4 heteroatoms. The van der Waals surface area contributed by atoms with Gasteiger partial charge in [0.25, 0.3) is 0 Å². The zero-order chi connectivity index (χ0) is 13.1. The van der Waals surface area contributed by atoms with E-state index in [1.165, 1.54) is 30.9 Å². The van der Waals surface area contributed by atoms with Gasteiger partial charge in [-0.15, -0.1) is 0 Å². The van der Waals surface area contributed by atoms with Crippen LogP contribution in [0.4, 0.5) is 0 Å². The molecule has 1 aliphatic rings. The van der Waals surface area contributed by atoms with E-state index in [4.69, 9.17) is 0 Å². The van der Waals surface area contributed by atoms with Gasteiger partial charge < -0.3 is 4.90 Å². The molecule has 4 nitrogen and oxygen atoms in total. The molecule has 0 radical (unpaired) electrons. The molecule has 1 aromatic rings. The van der Waals surface area contributed by atoms with Gasteiger partial charge in [0.2, 0.25) is 0 Å². The van der Waals surface area contributed by atoms with Crippen molar-refractivity contribution in [1.29, 1.82) is 0 Å². The predicted molar refractivity (Wildman–Crippen MR) is 74.5 cm³/mol. The van der Waals surface area contributed by atoms with Crippen LogP contribution in [0.1, 0.15) is 31.7 Å². The summed E-state index contributed by atoms with van der Waals surface area (Å²) in [5.74, 6) is 0.669. The number of likely N-dealkylation sites (tertiary alicyclic amines) is 1. The standard InChI is InChI=1S/C14H26N4/c1-11(2)7-12-8-13(16-15-12)9-18(4)14-5-6-17(3)10-14/h8,11,14H,5-7,9-10H2,1-4H3,(H,15,16). The van der Waals surface area contributed by atoms with Gasteiger partial charge in [-0.3, -0.25) is 10.00 Å². The average molecular weight is 250 g/mol. The van der Waals surface area contributed by atoms with Crippen molar-refractivity contribution >= 4 is 0 Å². The lowest BCUT2D eigenvalue weighted by atomic mass is 10.1. The van der Waals surface area contributed by atoms with Crippen LogP contribution < -0.4 is 0 Å². The number of hydrogen-bond acceptors (Lipinski definition) is 3. The first-order chi connectivity index (χ1) is 8.54. The summed E-state index contributed by atoms with van der Waals surface area (Å²) in [4.78, 5) is 4.84. The number of H-pyrrole nitrogens is 1. The maximum Gasteiger partial charge on any atom is 0.0628 e. The Bertz CT molecular complexity index is 372. The summed E-state index contributed by atoms with van der Waals surface area (Å²) < 4.78 is 0. The Morgan fingerprint density at radius 1 is 1.56 bits per heavy atom. The molecule has 0 spiro atoms. The molecule has 1 fully saturated rings. The van der Waals surface area contributed by atoms with Gasteiger partial charge >= 0.3 is 0 Å². The fourth-order valence-corrected chi connectivity index (χ4v) is 2.68. The van der Waals surface area contributed by atoms with E-state index in [9.17, 15) is 0 Å². The highest BCUT2D eigenvalue weighted by Gasteiger charge is 2.23. The minimum absolute atomic E-state index is 0.669. The van der Waals surface area contributed by atoms with Gasteiger partial charge in [-0.05, 0) is 45.5 Å². The molecular weight excluding hydrogens is 224 g/mol. The molecule has 2 heterocycles. The van der Waals surface area contributed by atoms with Crippen LogP contribution >= 0.6 is 0 Å². The predicted octanol–water partition coefficient (Wildman–Crippen LogP) is 1.74. The van der Waals surface area contributed by atoms with E-state index in [0.717, 1.165) is 13.0 Å². The Labute approximate surface area is 110 Å². The zero-order valence-corrected chi connectivity index (χ0v) is 12.1. The largest absolute Gasteiger partial charge is 0.305 e. The lowest BCUT2D eigenvalue weighted by molar-refractivity contribution is 0.231. The summed E-state index contributed by atoms with van der Waals surface area (Å²) in [5.41, 5.74) is 2.43. The zero-order valence-electron chi connectivity index (χ0n) is 12.1. The molecule has 0 saturated carbocycles. The Morgan fingerprint density at radius 3 is 2.94 bits per heavy atom. The van der Waals surface area contributed by atoms with E-state index >= 15 is 0 Å². The maximum absolute atomic E-state index is 4.39. The average Bonchev–Trinajstić information content (AvgIpc) is 2.87. The number of hydrogen-bond donors (Lipinski definition) is 1. The number of aromatic amines is 1. The molecule has 0 aromatic carbocycles. The van der Waals surface area contributed by atoms with Gasteiger partial charge in [0.15, 0.2) is 0 Å². The van der Waals surface area contributed by atoms with Gasteiger partial charge in [0.05, 0.1) is 5.69 Å². The van der Waals surface area contributed by atoms with Crippen LogP contribution in [-0.2, 0) is 13.0 Å². The van der Waals surface area contributed by atoms with E-state index in [0.29, 0.717) is 12.0 Å². The molecule has 1 aliphatic heterocycles. The Hall–Kier alpha value is -0.870. The Morgan fingerprint density at radius 2 is 2.33 bits per heavy atom. The normalized spacial score (nSPS) is 21.3. The van der Waals surface area contributed by atoms with Crippen LogP contribution in [-0.4, -0.2) is 53.2 Å². The summed E-state index contributed by atoms with van der Waals surface area (Å²) in [5, 5.41) is 7.56. The first-order valence-corrected chi connectivity index (χ1v) is 6.96. The minimum Gasteiger partial charge on any atom is -0.305 e. The molecule has 2 rings (SSSR count). The third-order valence-electron chi connectivity index (χ3n) is 3.71. The van der Waals surface area contributed by atoms with Crippen molar-refractivity contribution in [2.24, 2.45) is 5.92 Å². The number of likely N-dealkylation sites (N-methyl/N-ethyl adjacent to an activating group) is 2. The van der Waals surface area contributed by atoms with Crippen LogP contribution in [0.2, 0.25) is 0 Å². The van der Waals surface area contributed by atoms with Crippen molar-refractivity contribution < 1.29 is 0 Å². The lowest BCUT2D eigenvalue weighted by Gasteiger charge is -2.23. The van der Waals surface area contributed by atoms with Crippen molar-refractivity contribution in [1.82, 2.24) is 20.0 Å². The molecule has 0 aliphatic carbocycles. The number of aromatic nitrogens is 2. The van der Waals surface area contributed by atoms with E-state index in [2.05, 4.69) is 54.0 Å². The van der Waals surface area contributed by atoms with Crippen molar-refractivity contribution in [2.75, 3.05) is 27.2 Å². The van der Waals surface area contributed by atoms with Crippen LogP contribution in [0.15, 0.2) is 6.07 Å². The number of nitrogens with zero attached hydrogens (tertiary/aromatic N) is 3. The highest BCUT2D eigenvalue weighted by Crippen LogP contribution is 2.15. The van der Waals surface area contributed by atoms with Gasteiger partial charge in [-0.1, -0.05) is 13.8 Å². The molecule has 0 bridgehead atoms. The second kappa shape index (κ2) is 5.85. The van der Waals surface area contributed by atoms with Crippen LogP contribution in [0.5, 0.6) is 0 Å². The quantitative estimate of drug-likeness (QED) is 0.864. The molecule has 102 valence electrons.